The molecule has 1 aromatic heterocycles. The predicted octanol–water partition coefficient (Wildman–Crippen LogP) is 4.10. The van der Waals surface area contributed by atoms with Crippen LogP contribution in [0.3, 0.4) is 0 Å². The average molecular weight is 520 g/mol. The van der Waals surface area contributed by atoms with Crippen molar-refractivity contribution >= 4 is 52.4 Å². The summed E-state index contributed by atoms with van der Waals surface area (Å²) < 4.78 is 22.9. The molecule has 3 rings (SSSR count). The van der Waals surface area contributed by atoms with Crippen molar-refractivity contribution in [1.29, 1.82) is 0 Å². The van der Waals surface area contributed by atoms with Gasteiger partial charge in [0.15, 0.2) is 11.2 Å². The molecule has 0 aliphatic carbocycles. The molecule has 0 fully saturated rings. The molecule has 0 aliphatic heterocycles. The summed E-state index contributed by atoms with van der Waals surface area (Å²) in [6.07, 6.45) is 4.11. The molecule has 0 bridgehead atoms. The van der Waals surface area contributed by atoms with Crippen molar-refractivity contribution in [1.82, 2.24) is 14.0 Å². The highest BCUT2D eigenvalue weighted by molar-refractivity contribution is 7.81. The lowest BCUT2D eigenvalue weighted by atomic mass is 10.1. The maximum atomic E-state index is 12.8. The lowest BCUT2D eigenvalue weighted by Gasteiger charge is -2.13. The normalized spacial score (nSPS) is 12.0. The number of methoxy groups -OCH3 is 1. The predicted molar refractivity (Wildman–Crippen MR) is 137 cm³/mol. The highest BCUT2D eigenvalue weighted by Gasteiger charge is 2.12. The maximum absolute atomic E-state index is 12.8. The van der Waals surface area contributed by atoms with Gasteiger partial charge in [0, 0.05) is 12.1 Å². The molecule has 2 aromatic carbocycles. The summed E-state index contributed by atoms with van der Waals surface area (Å²) in [6, 6.07) is 15.8. The Hall–Kier alpha value is -2.91. The van der Waals surface area contributed by atoms with Crippen LogP contribution in [0.15, 0.2) is 59.4 Å². The Balaban J connectivity index is 1.81. The fraction of sp³-hybridized carbons (Fsp3) is 0.167. The molecular formula is C24H23Cl2N3O4S. The number of hydrogen-bond acceptors (Lipinski definition) is 4. The van der Waals surface area contributed by atoms with Crippen molar-refractivity contribution in [2.75, 3.05) is 14.2 Å². The van der Waals surface area contributed by atoms with Gasteiger partial charge in [0.25, 0.3) is 11.5 Å². The fourth-order valence-corrected chi connectivity index (χ4v) is 4.11. The van der Waals surface area contributed by atoms with Crippen LogP contribution in [-0.2, 0) is 24.1 Å². The third-order valence-corrected chi connectivity index (χ3v) is 6.29. The highest BCUT2D eigenvalue weighted by atomic mass is 35.5. The lowest BCUT2D eigenvalue weighted by molar-refractivity contribution is 0.0982. The molecule has 7 nitrogen and oxygen atoms in total. The summed E-state index contributed by atoms with van der Waals surface area (Å²) in [5.74, 6) is 0.262. The number of aryl methyl sites for hydroxylation is 1. The number of benzene rings is 2. The first kappa shape index (κ1) is 25.7. The van der Waals surface area contributed by atoms with Gasteiger partial charge >= 0.3 is 0 Å². The quantitative estimate of drug-likeness (QED) is 0.445. The number of ether oxygens (including phenoxy) is 1. The smallest absolute Gasteiger partial charge is 0.269 e. The minimum Gasteiger partial charge on any atom is -0.497 e. The number of aromatic nitrogens is 1. The van der Waals surface area contributed by atoms with Gasteiger partial charge in [0.2, 0.25) is 0 Å². The van der Waals surface area contributed by atoms with Crippen LogP contribution in [0.2, 0.25) is 10.0 Å². The van der Waals surface area contributed by atoms with Crippen molar-refractivity contribution in [3.05, 3.63) is 97.4 Å². The molecule has 10 heteroatoms. The molecule has 1 amide bonds. The minimum absolute atomic E-state index is 0.0353. The Bertz CT molecular complexity index is 1290. The van der Waals surface area contributed by atoms with Crippen LogP contribution in [-0.4, -0.2) is 28.8 Å². The number of hydrogen-bond donors (Lipinski definition) is 2. The van der Waals surface area contributed by atoms with Crippen LogP contribution in [0.5, 0.6) is 5.75 Å². The van der Waals surface area contributed by atoms with E-state index in [2.05, 4.69) is 9.44 Å². The van der Waals surface area contributed by atoms with Crippen molar-refractivity contribution in [2.24, 2.45) is 0 Å². The molecular weight excluding hydrogens is 497 g/mol. The Morgan fingerprint density at radius 2 is 1.82 bits per heavy atom. The topological polar surface area (TPSA) is 89.4 Å². The first-order valence-corrected chi connectivity index (χ1v) is 12.1. The molecule has 0 radical (unpaired) electrons. The highest BCUT2D eigenvalue weighted by Crippen LogP contribution is 2.22. The van der Waals surface area contributed by atoms with Gasteiger partial charge in [-0.05, 0) is 61.0 Å². The second-order valence-corrected chi connectivity index (χ2v) is 9.11. The van der Waals surface area contributed by atoms with E-state index in [1.165, 1.54) is 17.7 Å². The lowest BCUT2D eigenvalue weighted by Crippen LogP contribution is -2.32. The number of nitrogens with one attached hydrogen (secondary N) is 2. The van der Waals surface area contributed by atoms with Crippen LogP contribution in [0, 0.1) is 0 Å². The Morgan fingerprint density at radius 3 is 2.50 bits per heavy atom. The number of pyridine rings is 1. The van der Waals surface area contributed by atoms with Crippen LogP contribution in [0.4, 0.5) is 0 Å². The van der Waals surface area contributed by atoms with Gasteiger partial charge in [-0.15, -0.1) is 0 Å². The van der Waals surface area contributed by atoms with Crippen LogP contribution < -0.4 is 19.7 Å². The summed E-state index contributed by atoms with van der Waals surface area (Å²) >= 11 is 10.9. The fourth-order valence-electron chi connectivity index (χ4n) is 3.18. The third-order valence-electron chi connectivity index (χ3n) is 4.98. The number of carbonyl (C=O) groups excluding carboxylic acids is 1. The van der Waals surface area contributed by atoms with Crippen molar-refractivity contribution < 1.29 is 13.7 Å². The van der Waals surface area contributed by atoms with E-state index < -0.39 is 17.1 Å². The van der Waals surface area contributed by atoms with Crippen LogP contribution >= 0.6 is 23.2 Å². The van der Waals surface area contributed by atoms with Crippen LogP contribution in [0.1, 0.15) is 27.2 Å². The molecule has 1 unspecified atom stereocenters. The van der Waals surface area contributed by atoms with Crippen molar-refractivity contribution in [3.8, 4) is 5.75 Å². The molecule has 0 saturated carbocycles. The van der Waals surface area contributed by atoms with E-state index >= 15 is 0 Å². The molecule has 0 spiro atoms. The molecule has 0 saturated heterocycles. The zero-order chi connectivity index (χ0) is 24.7. The largest absolute Gasteiger partial charge is 0.497 e. The molecule has 1 heterocycles. The second-order valence-electron chi connectivity index (χ2n) is 7.14. The summed E-state index contributed by atoms with van der Waals surface area (Å²) in [6.45, 7) is 0.326. The van der Waals surface area contributed by atoms with Crippen LogP contribution in [0.25, 0.3) is 12.2 Å². The van der Waals surface area contributed by atoms with E-state index in [9.17, 15) is 13.8 Å². The first-order chi connectivity index (χ1) is 16.3. The zero-order valence-corrected chi connectivity index (χ0v) is 20.8. The van der Waals surface area contributed by atoms with Gasteiger partial charge in [0.05, 0.1) is 17.8 Å². The number of halogens is 2. The monoisotopic (exact) mass is 519 g/mol. The summed E-state index contributed by atoms with van der Waals surface area (Å²) in [5, 5.41) is 0.390. The standard InChI is InChI=1S/C24H23Cl2N3O4S/c1-27-34(32)28-23(30)18-9-6-16(7-10-18)12-13-29-22(20(25)15-21(26)24(29)31)11-8-17-4-3-5-19(14-17)33-2/h3-11,14-15,27H,12-13H2,1-2H3,(H,28,30)/b11-8+. The second kappa shape index (κ2) is 12.0. The van der Waals surface area contributed by atoms with Gasteiger partial charge in [-0.25, -0.2) is 8.93 Å². The third kappa shape index (κ3) is 6.57. The van der Waals surface area contributed by atoms with Gasteiger partial charge in [0.1, 0.15) is 10.8 Å². The number of rotatable bonds is 9. The molecule has 3 aromatic rings. The number of nitrogens with zero attached hydrogens (tertiary/aromatic N) is 1. The Kier molecular flexibility index (Phi) is 9.06. The molecule has 1 atom stereocenters. The molecule has 178 valence electrons. The maximum Gasteiger partial charge on any atom is 0.269 e. The minimum atomic E-state index is -1.65. The summed E-state index contributed by atoms with van der Waals surface area (Å²) in [5.41, 5.74) is 2.35. The average Bonchev–Trinajstić information content (AvgIpc) is 2.85. The molecule has 0 aliphatic rings. The molecule has 2 N–H and O–H groups in total. The summed E-state index contributed by atoms with van der Waals surface area (Å²) in [7, 11) is 3.07. The van der Waals surface area contributed by atoms with E-state index in [1.807, 2.05) is 30.3 Å². The zero-order valence-electron chi connectivity index (χ0n) is 18.5. The van der Waals surface area contributed by atoms with Gasteiger partial charge in [-0.3, -0.25) is 14.3 Å². The van der Waals surface area contributed by atoms with Crippen molar-refractivity contribution in [3.63, 3.8) is 0 Å². The number of carbonyl (C=O) groups is 1. The number of amides is 1. The molecule has 34 heavy (non-hydrogen) atoms. The van der Waals surface area contributed by atoms with Crippen molar-refractivity contribution in [2.45, 2.75) is 13.0 Å². The Morgan fingerprint density at radius 1 is 1.09 bits per heavy atom. The summed E-state index contributed by atoms with van der Waals surface area (Å²) in [4.78, 5) is 24.8. The first-order valence-electron chi connectivity index (χ1n) is 10.2. The Labute approximate surface area is 210 Å². The SMILES string of the molecule is CNS(=O)NC(=O)c1ccc(CCn2c(/C=C/c3cccc(OC)c3)c(Cl)cc(Cl)c2=O)cc1. The van der Waals surface area contributed by atoms with Gasteiger partial charge in [-0.2, -0.15) is 0 Å². The van der Waals surface area contributed by atoms with E-state index in [4.69, 9.17) is 27.9 Å². The van der Waals surface area contributed by atoms with Gasteiger partial charge < -0.3 is 9.30 Å². The van der Waals surface area contributed by atoms with Gasteiger partial charge in [-0.1, -0.05) is 53.5 Å². The van der Waals surface area contributed by atoms with E-state index in [0.29, 0.717) is 29.2 Å². The van der Waals surface area contributed by atoms with E-state index in [0.717, 1.165) is 16.9 Å². The van der Waals surface area contributed by atoms with E-state index in [1.54, 1.807) is 37.5 Å². The van der Waals surface area contributed by atoms with E-state index in [-0.39, 0.29) is 10.6 Å².